The van der Waals surface area contributed by atoms with Crippen molar-refractivity contribution < 1.29 is 9.90 Å². The molecule has 1 aliphatic heterocycles. The number of hydrogen-bond donors (Lipinski definition) is 1. The molecule has 0 saturated carbocycles. The van der Waals surface area contributed by atoms with Crippen molar-refractivity contribution >= 4 is 6.41 Å². The van der Waals surface area contributed by atoms with E-state index in [2.05, 4.69) is 0 Å². The highest BCUT2D eigenvalue weighted by molar-refractivity contribution is 5.48. The molecule has 58 valence electrons. The van der Waals surface area contributed by atoms with Crippen molar-refractivity contribution in [2.45, 2.75) is 31.9 Å². The molecule has 1 fully saturated rings. The van der Waals surface area contributed by atoms with Gasteiger partial charge in [0.05, 0.1) is 12.1 Å². The summed E-state index contributed by atoms with van der Waals surface area (Å²) >= 11 is 0. The highest BCUT2D eigenvalue weighted by atomic mass is 16.3. The molecule has 1 rings (SSSR count). The molecule has 0 aromatic rings. The van der Waals surface area contributed by atoms with E-state index >= 15 is 0 Å². The van der Waals surface area contributed by atoms with Crippen molar-refractivity contribution in [2.75, 3.05) is 6.54 Å². The summed E-state index contributed by atoms with van der Waals surface area (Å²) in [5, 5.41) is 9.15. The number of carbonyl (C=O) groups excluding carboxylic acids is 1. The van der Waals surface area contributed by atoms with Gasteiger partial charge in [-0.1, -0.05) is 0 Å². The van der Waals surface area contributed by atoms with Crippen LogP contribution in [0.2, 0.25) is 0 Å². The highest BCUT2D eigenvalue weighted by Crippen LogP contribution is 2.17. The molecule has 0 radical (unpaired) electrons. The average Bonchev–Trinajstić information content (AvgIpc) is 2.33. The maximum atomic E-state index is 10.3. The minimum Gasteiger partial charge on any atom is -0.391 e. The molecule has 10 heavy (non-hydrogen) atoms. The predicted molar refractivity (Wildman–Crippen MR) is 37.5 cm³/mol. The number of hydrogen-bond acceptors (Lipinski definition) is 2. The Labute approximate surface area is 60.6 Å². The van der Waals surface area contributed by atoms with E-state index in [0.29, 0.717) is 0 Å². The highest BCUT2D eigenvalue weighted by Gasteiger charge is 2.26. The minimum absolute atomic E-state index is 0.0671. The first-order chi connectivity index (χ1) is 4.75. The largest absolute Gasteiger partial charge is 0.391 e. The lowest BCUT2D eigenvalue weighted by Gasteiger charge is -2.21. The lowest BCUT2D eigenvalue weighted by Crippen LogP contribution is -2.36. The lowest BCUT2D eigenvalue weighted by atomic mass is 10.1. The standard InChI is InChI=1S/C7H13NO2/c1-6(10)7-3-2-4-8(7)5-9/h5-7,10H,2-4H2,1H3. The summed E-state index contributed by atoms with van der Waals surface area (Å²) in [5.41, 5.74) is 0. The van der Waals surface area contributed by atoms with Crippen LogP contribution in [0.4, 0.5) is 0 Å². The van der Waals surface area contributed by atoms with Crippen molar-refractivity contribution in [1.29, 1.82) is 0 Å². The van der Waals surface area contributed by atoms with Crippen LogP contribution in [0, 0.1) is 0 Å². The molecule has 1 N–H and O–H groups in total. The Balaban J connectivity index is 2.49. The zero-order chi connectivity index (χ0) is 7.56. The summed E-state index contributed by atoms with van der Waals surface area (Å²) in [6.45, 7) is 2.53. The molecule has 0 bridgehead atoms. The molecule has 1 amide bonds. The van der Waals surface area contributed by atoms with E-state index in [4.69, 9.17) is 5.11 Å². The average molecular weight is 143 g/mol. The third-order valence-electron chi connectivity index (χ3n) is 2.03. The number of nitrogens with zero attached hydrogens (tertiary/aromatic N) is 1. The molecule has 2 unspecified atom stereocenters. The van der Waals surface area contributed by atoms with E-state index < -0.39 is 0 Å². The van der Waals surface area contributed by atoms with E-state index in [9.17, 15) is 4.79 Å². The number of likely N-dealkylation sites (tertiary alicyclic amines) is 1. The molecule has 0 aromatic heterocycles. The fourth-order valence-electron chi connectivity index (χ4n) is 1.46. The van der Waals surface area contributed by atoms with Gasteiger partial charge >= 0.3 is 0 Å². The number of aliphatic hydroxyl groups is 1. The monoisotopic (exact) mass is 143 g/mol. The van der Waals surface area contributed by atoms with Gasteiger partial charge in [0.15, 0.2) is 0 Å². The molecule has 0 aromatic carbocycles. The fraction of sp³-hybridized carbons (Fsp3) is 0.857. The Bertz CT molecular complexity index is 125. The molecular formula is C7H13NO2. The van der Waals surface area contributed by atoms with Crippen molar-refractivity contribution in [3.8, 4) is 0 Å². The van der Waals surface area contributed by atoms with Gasteiger partial charge in [-0.3, -0.25) is 4.79 Å². The summed E-state index contributed by atoms with van der Waals surface area (Å²) in [4.78, 5) is 12.0. The Hall–Kier alpha value is -0.570. The Kier molecular flexibility index (Phi) is 2.27. The van der Waals surface area contributed by atoms with E-state index in [-0.39, 0.29) is 12.1 Å². The zero-order valence-electron chi connectivity index (χ0n) is 6.16. The molecule has 1 aliphatic rings. The van der Waals surface area contributed by atoms with Gasteiger partial charge in [-0.25, -0.2) is 0 Å². The van der Waals surface area contributed by atoms with Gasteiger partial charge in [-0.15, -0.1) is 0 Å². The van der Waals surface area contributed by atoms with Gasteiger partial charge in [0.25, 0.3) is 0 Å². The first kappa shape index (κ1) is 7.54. The first-order valence-corrected chi connectivity index (χ1v) is 3.65. The maximum Gasteiger partial charge on any atom is 0.210 e. The SMILES string of the molecule is CC(O)C1CCCN1C=O. The summed E-state index contributed by atoms with van der Waals surface area (Å²) < 4.78 is 0. The van der Waals surface area contributed by atoms with Gasteiger partial charge < -0.3 is 10.0 Å². The van der Waals surface area contributed by atoms with Crippen LogP contribution in [0.5, 0.6) is 0 Å². The summed E-state index contributed by atoms with van der Waals surface area (Å²) in [6.07, 6.45) is 2.41. The summed E-state index contributed by atoms with van der Waals surface area (Å²) in [6, 6.07) is 0.0671. The van der Waals surface area contributed by atoms with E-state index in [1.807, 2.05) is 0 Å². The van der Waals surface area contributed by atoms with Crippen LogP contribution < -0.4 is 0 Å². The van der Waals surface area contributed by atoms with Crippen molar-refractivity contribution in [2.24, 2.45) is 0 Å². The lowest BCUT2D eigenvalue weighted by molar-refractivity contribution is -0.120. The Morgan fingerprint density at radius 3 is 2.90 bits per heavy atom. The normalized spacial score (nSPS) is 28.6. The Morgan fingerprint density at radius 1 is 1.80 bits per heavy atom. The number of carbonyl (C=O) groups is 1. The van der Waals surface area contributed by atoms with Crippen molar-refractivity contribution in [1.82, 2.24) is 4.90 Å². The molecule has 2 atom stereocenters. The third-order valence-corrected chi connectivity index (χ3v) is 2.03. The Morgan fingerprint density at radius 2 is 2.50 bits per heavy atom. The number of amides is 1. The molecule has 3 heteroatoms. The van der Waals surface area contributed by atoms with Crippen molar-refractivity contribution in [3.63, 3.8) is 0 Å². The zero-order valence-corrected chi connectivity index (χ0v) is 6.16. The van der Waals surface area contributed by atoms with Crippen LogP contribution in [-0.2, 0) is 4.79 Å². The van der Waals surface area contributed by atoms with Crippen LogP contribution >= 0.6 is 0 Å². The number of aliphatic hydroxyl groups excluding tert-OH is 1. The molecular weight excluding hydrogens is 130 g/mol. The second-order valence-electron chi connectivity index (χ2n) is 2.79. The minimum atomic E-state index is -0.382. The van der Waals surface area contributed by atoms with Crippen LogP contribution in [0.15, 0.2) is 0 Å². The molecule has 0 aliphatic carbocycles. The number of rotatable bonds is 2. The van der Waals surface area contributed by atoms with Gasteiger partial charge in [0, 0.05) is 6.54 Å². The quantitative estimate of drug-likeness (QED) is 0.552. The second-order valence-corrected chi connectivity index (χ2v) is 2.79. The fourth-order valence-corrected chi connectivity index (χ4v) is 1.46. The van der Waals surface area contributed by atoms with E-state index in [1.54, 1.807) is 11.8 Å². The van der Waals surface area contributed by atoms with E-state index in [0.717, 1.165) is 25.8 Å². The first-order valence-electron chi connectivity index (χ1n) is 3.65. The second kappa shape index (κ2) is 3.01. The van der Waals surface area contributed by atoms with Gasteiger partial charge in [0.1, 0.15) is 0 Å². The van der Waals surface area contributed by atoms with Crippen LogP contribution in [0.3, 0.4) is 0 Å². The maximum absolute atomic E-state index is 10.3. The van der Waals surface area contributed by atoms with Crippen LogP contribution in [-0.4, -0.2) is 35.1 Å². The predicted octanol–water partition coefficient (Wildman–Crippen LogP) is -0.0120. The van der Waals surface area contributed by atoms with E-state index in [1.165, 1.54) is 0 Å². The van der Waals surface area contributed by atoms with Gasteiger partial charge in [0.2, 0.25) is 6.41 Å². The van der Waals surface area contributed by atoms with Crippen LogP contribution in [0.25, 0.3) is 0 Å². The van der Waals surface area contributed by atoms with Gasteiger partial charge in [-0.2, -0.15) is 0 Å². The third kappa shape index (κ3) is 1.29. The smallest absolute Gasteiger partial charge is 0.210 e. The topological polar surface area (TPSA) is 40.5 Å². The molecule has 3 nitrogen and oxygen atoms in total. The van der Waals surface area contributed by atoms with Crippen molar-refractivity contribution in [3.05, 3.63) is 0 Å². The molecule has 1 saturated heterocycles. The summed E-state index contributed by atoms with van der Waals surface area (Å²) in [5.74, 6) is 0. The summed E-state index contributed by atoms with van der Waals surface area (Å²) in [7, 11) is 0. The molecule has 1 heterocycles. The van der Waals surface area contributed by atoms with Crippen LogP contribution in [0.1, 0.15) is 19.8 Å². The molecule has 0 spiro atoms. The van der Waals surface area contributed by atoms with Gasteiger partial charge in [-0.05, 0) is 19.8 Å².